The van der Waals surface area contributed by atoms with Crippen molar-refractivity contribution in [1.82, 2.24) is 35.3 Å². The minimum atomic E-state index is -0.505. The van der Waals surface area contributed by atoms with Crippen LogP contribution >= 0.6 is 0 Å². The predicted octanol–water partition coefficient (Wildman–Crippen LogP) is 5.07. The Kier molecular flexibility index (Phi) is 5.54. The van der Waals surface area contributed by atoms with Crippen molar-refractivity contribution in [3.63, 3.8) is 0 Å². The fourth-order valence-electron chi connectivity index (χ4n) is 4.80. The fourth-order valence-corrected chi connectivity index (χ4v) is 4.80. The number of pyridine rings is 1. The zero-order valence-corrected chi connectivity index (χ0v) is 18.9. The molecule has 2 N–H and O–H groups in total. The van der Waals surface area contributed by atoms with E-state index >= 15 is 0 Å². The van der Waals surface area contributed by atoms with Gasteiger partial charge in [-0.05, 0) is 61.9 Å². The smallest absolute Gasteiger partial charge is 0.181 e. The second kappa shape index (κ2) is 8.99. The molecule has 7 nitrogen and oxygen atoms in total. The van der Waals surface area contributed by atoms with E-state index in [1.807, 2.05) is 30.3 Å². The van der Waals surface area contributed by atoms with E-state index in [4.69, 9.17) is 4.98 Å². The number of H-pyrrole nitrogens is 2. The van der Waals surface area contributed by atoms with Gasteiger partial charge in [-0.3, -0.25) is 20.1 Å². The Morgan fingerprint density at radius 1 is 0.943 bits per heavy atom. The van der Waals surface area contributed by atoms with Crippen LogP contribution in [0.3, 0.4) is 0 Å². The molecule has 35 heavy (non-hydrogen) atoms. The van der Waals surface area contributed by atoms with Crippen LogP contribution in [0, 0.1) is 11.6 Å². The number of rotatable bonds is 5. The van der Waals surface area contributed by atoms with E-state index in [9.17, 15) is 8.78 Å². The summed E-state index contributed by atoms with van der Waals surface area (Å²) in [5.74, 6) is 0.510. The molecule has 0 radical (unpaired) electrons. The molecular weight excluding hydrogens is 448 g/mol. The van der Waals surface area contributed by atoms with Gasteiger partial charge >= 0.3 is 0 Å². The van der Waals surface area contributed by atoms with Gasteiger partial charge in [0, 0.05) is 53.5 Å². The third kappa shape index (κ3) is 4.19. The average molecular weight is 472 g/mol. The van der Waals surface area contributed by atoms with Crippen LogP contribution < -0.4 is 0 Å². The molecule has 176 valence electrons. The molecule has 1 fully saturated rings. The molecule has 0 spiro atoms. The number of aromatic amines is 2. The van der Waals surface area contributed by atoms with Gasteiger partial charge in [0.2, 0.25) is 0 Å². The lowest BCUT2D eigenvalue weighted by Crippen LogP contribution is -2.34. The first-order valence-corrected chi connectivity index (χ1v) is 11.6. The Hall–Kier alpha value is -3.98. The van der Waals surface area contributed by atoms with Crippen LogP contribution in [0.1, 0.15) is 30.1 Å². The third-order valence-corrected chi connectivity index (χ3v) is 6.61. The van der Waals surface area contributed by atoms with Gasteiger partial charge < -0.3 is 0 Å². The Balaban J connectivity index is 1.23. The summed E-state index contributed by atoms with van der Waals surface area (Å²) in [6, 6.07) is 13.8. The van der Waals surface area contributed by atoms with Crippen LogP contribution in [-0.2, 0) is 6.54 Å². The maximum atomic E-state index is 14.1. The first-order valence-electron chi connectivity index (χ1n) is 11.6. The zero-order valence-electron chi connectivity index (χ0n) is 18.9. The van der Waals surface area contributed by atoms with Crippen molar-refractivity contribution in [1.29, 1.82) is 0 Å². The third-order valence-electron chi connectivity index (χ3n) is 6.61. The van der Waals surface area contributed by atoms with Crippen LogP contribution in [-0.4, -0.2) is 48.4 Å². The standard InChI is InChI=1S/C26H23F2N7/c27-21-4-1-5-22(28)20(21)15-35-12-2-3-18(14-35)26-30-25(33-34-26)17-6-7-23-19(13-17)24(32-31-23)16-8-10-29-11-9-16/h1,4-11,13,18H,2-3,12,14-15H2,(H,31,32)(H,30,33,34)/t18-/m1/s1. The maximum absolute atomic E-state index is 14.1. The van der Waals surface area contributed by atoms with Gasteiger partial charge in [0.25, 0.3) is 0 Å². The van der Waals surface area contributed by atoms with E-state index in [2.05, 4.69) is 30.3 Å². The Morgan fingerprint density at radius 3 is 2.60 bits per heavy atom. The van der Waals surface area contributed by atoms with E-state index in [0.29, 0.717) is 12.4 Å². The number of hydrogen-bond acceptors (Lipinski definition) is 5. The zero-order chi connectivity index (χ0) is 23.8. The van der Waals surface area contributed by atoms with Crippen LogP contribution in [0.25, 0.3) is 33.5 Å². The molecule has 0 amide bonds. The Morgan fingerprint density at radius 2 is 1.77 bits per heavy atom. The molecule has 1 aliphatic rings. The van der Waals surface area contributed by atoms with Gasteiger partial charge in [-0.2, -0.15) is 10.2 Å². The number of hydrogen-bond donors (Lipinski definition) is 2. The van der Waals surface area contributed by atoms with Gasteiger partial charge in [-0.15, -0.1) is 0 Å². The number of piperidine rings is 1. The molecule has 3 aromatic heterocycles. The van der Waals surface area contributed by atoms with Gasteiger partial charge in [0.1, 0.15) is 23.2 Å². The first kappa shape index (κ1) is 21.5. The topological polar surface area (TPSA) is 86.4 Å². The highest BCUT2D eigenvalue weighted by molar-refractivity contribution is 5.95. The summed E-state index contributed by atoms with van der Waals surface area (Å²) in [6.45, 7) is 1.69. The van der Waals surface area contributed by atoms with Crippen LogP contribution in [0.5, 0.6) is 0 Å². The molecule has 0 saturated carbocycles. The summed E-state index contributed by atoms with van der Waals surface area (Å²) in [7, 11) is 0. The lowest BCUT2D eigenvalue weighted by atomic mass is 9.97. The summed E-state index contributed by atoms with van der Waals surface area (Å²) < 4.78 is 28.3. The number of halogens is 2. The van der Waals surface area contributed by atoms with Gasteiger partial charge in [-0.25, -0.2) is 13.8 Å². The van der Waals surface area contributed by atoms with Crippen LogP contribution in [0.15, 0.2) is 60.9 Å². The number of aromatic nitrogens is 6. The summed E-state index contributed by atoms with van der Waals surface area (Å²) >= 11 is 0. The molecule has 0 unspecified atom stereocenters. The van der Waals surface area contributed by atoms with Gasteiger partial charge in [0.15, 0.2) is 5.82 Å². The minimum absolute atomic E-state index is 0.116. The predicted molar refractivity (Wildman–Crippen MR) is 128 cm³/mol. The van der Waals surface area contributed by atoms with Crippen molar-refractivity contribution in [3.05, 3.63) is 83.9 Å². The lowest BCUT2D eigenvalue weighted by molar-refractivity contribution is 0.192. The van der Waals surface area contributed by atoms with E-state index in [-0.39, 0.29) is 18.0 Å². The maximum Gasteiger partial charge on any atom is 0.181 e. The lowest BCUT2D eigenvalue weighted by Gasteiger charge is -2.31. The van der Waals surface area contributed by atoms with Crippen LogP contribution in [0.2, 0.25) is 0 Å². The summed E-state index contributed by atoms with van der Waals surface area (Å²) in [6.07, 6.45) is 5.36. The Labute approximate surface area is 200 Å². The molecular formula is C26H23F2N7. The van der Waals surface area contributed by atoms with Crippen molar-refractivity contribution in [2.45, 2.75) is 25.3 Å². The minimum Gasteiger partial charge on any atom is -0.298 e. The highest BCUT2D eigenvalue weighted by atomic mass is 19.1. The monoisotopic (exact) mass is 471 g/mol. The largest absolute Gasteiger partial charge is 0.298 e. The molecule has 1 atom stereocenters. The number of nitrogens with zero attached hydrogens (tertiary/aromatic N) is 5. The summed E-state index contributed by atoms with van der Waals surface area (Å²) in [5, 5.41) is 16.1. The molecule has 1 saturated heterocycles. The van der Waals surface area contributed by atoms with Crippen LogP contribution in [0.4, 0.5) is 8.78 Å². The second-order valence-corrected chi connectivity index (χ2v) is 8.89. The number of fused-ring (bicyclic) bond motifs is 1. The van der Waals surface area contributed by atoms with Crippen molar-refractivity contribution in [3.8, 4) is 22.6 Å². The normalized spacial score (nSPS) is 16.7. The first-order chi connectivity index (χ1) is 17.2. The van der Waals surface area contributed by atoms with Crippen molar-refractivity contribution in [2.24, 2.45) is 0 Å². The molecule has 5 aromatic rings. The molecule has 4 heterocycles. The summed E-state index contributed by atoms with van der Waals surface area (Å²) in [5.41, 5.74) is 3.76. The molecule has 0 bridgehead atoms. The van der Waals surface area contributed by atoms with E-state index in [0.717, 1.165) is 52.9 Å². The Bertz CT molecular complexity index is 1460. The fraction of sp³-hybridized carbons (Fsp3) is 0.231. The summed E-state index contributed by atoms with van der Waals surface area (Å²) in [4.78, 5) is 11.0. The van der Waals surface area contributed by atoms with Gasteiger partial charge in [0.05, 0.1) is 5.52 Å². The molecule has 2 aromatic carbocycles. The quantitative estimate of drug-likeness (QED) is 0.374. The van der Waals surface area contributed by atoms with Crippen molar-refractivity contribution < 1.29 is 8.78 Å². The SMILES string of the molecule is Fc1cccc(F)c1CN1CCC[C@@H](c2nc(-c3ccc4[nH]nc(-c5ccncc5)c4c3)n[nH]2)C1. The van der Waals surface area contributed by atoms with E-state index in [1.54, 1.807) is 12.4 Å². The number of nitrogens with one attached hydrogen (secondary N) is 2. The average Bonchev–Trinajstić information content (AvgIpc) is 3.54. The molecule has 6 rings (SSSR count). The number of benzene rings is 2. The van der Waals surface area contributed by atoms with E-state index < -0.39 is 11.6 Å². The molecule has 0 aliphatic carbocycles. The van der Waals surface area contributed by atoms with Crippen molar-refractivity contribution >= 4 is 10.9 Å². The van der Waals surface area contributed by atoms with E-state index in [1.165, 1.54) is 18.2 Å². The molecule has 9 heteroatoms. The van der Waals surface area contributed by atoms with Gasteiger partial charge in [-0.1, -0.05) is 6.07 Å². The highest BCUT2D eigenvalue weighted by Crippen LogP contribution is 2.31. The molecule has 1 aliphatic heterocycles. The highest BCUT2D eigenvalue weighted by Gasteiger charge is 2.26. The second-order valence-electron chi connectivity index (χ2n) is 8.89. The van der Waals surface area contributed by atoms with Crippen molar-refractivity contribution in [2.75, 3.05) is 13.1 Å². The number of likely N-dealkylation sites (tertiary alicyclic amines) is 1.